The van der Waals surface area contributed by atoms with Gasteiger partial charge in [0.05, 0.1) is 0 Å². The summed E-state index contributed by atoms with van der Waals surface area (Å²) >= 11 is 5.34. The van der Waals surface area contributed by atoms with Gasteiger partial charge in [-0.3, -0.25) is 0 Å². The fourth-order valence-corrected chi connectivity index (χ4v) is 1.75. The quantitative estimate of drug-likeness (QED) is 0.582. The van der Waals surface area contributed by atoms with Crippen LogP contribution in [0.5, 0.6) is 5.75 Å². The van der Waals surface area contributed by atoms with E-state index in [-0.39, 0.29) is 5.15 Å². The van der Waals surface area contributed by atoms with Crippen LogP contribution in [0.15, 0.2) is 17.2 Å². The van der Waals surface area contributed by atoms with Crippen molar-refractivity contribution in [3.63, 3.8) is 0 Å². The summed E-state index contributed by atoms with van der Waals surface area (Å²) in [5, 5.41) is 8.78. The Bertz CT molecular complexity index is 403. The number of pyridine rings is 1. The Hall–Kier alpha value is -0.520. The molecule has 0 unspecified atom stereocenters. The lowest BCUT2D eigenvalue weighted by atomic mass is 10.5. The Morgan fingerprint density at radius 2 is 2.08 bits per heavy atom. The third-order valence-electron chi connectivity index (χ3n) is 1.11. The van der Waals surface area contributed by atoms with E-state index < -0.39 is 19.7 Å². The summed E-state index contributed by atoms with van der Waals surface area (Å²) in [5.41, 5.74) is 0. The Morgan fingerprint density at radius 3 is 2.50 bits per heavy atom. The molecular weight excluding hydrogens is 225 g/mol. The van der Waals surface area contributed by atoms with E-state index in [0.717, 1.165) is 12.3 Å². The Balaban J connectivity index is 3.47. The minimum Gasteiger partial charge on any atom is -0.504 e. The molecule has 12 heavy (non-hydrogen) atoms. The Labute approximate surface area is 78.2 Å². The normalized spacial score (nSPS) is 11.5. The van der Waals surface area contributed by atoms with Crippen molar-refractivity contribution in [1.82, 2.24) is 4.98 Å². The van der Waals surface area contributed by atoms with E-state index in [2.05, 4.69) is 4.98 Å². The molecule has 4 nitrogen and oxygen atoms in total. The standard InChI is InChI=1S/C5H3Cl2NO3S/c6-5-4(9)3(1-2-8-5)12(7,10)11/h1-2,9H. The van der Waals surface area contributed by atoms with Crippen LogP contribution in [-0.4, -0.2) is 18.5 Å². The van der Waals surface area contributed by atoms with E-state index in [0.29, 0.717) is 0 Å². The first-order valence-electron chi connectivity index (χ1n) is 2.71. The second-order valence-electron chi connectivity index (χ2n) is 1.89. The highest BCUT2D eigenvalue weighted by atomic mass is 35.7. The molecule has 1 aromatic heterocycles. The fourth-order valence-electron chi connectivity index (χ4n) is 0.609. The lowest BCUT2D eigenvalue weighted by Gasteiger charge is -1.99. The largest absolute Gasteiger partial charge is 0.504 e. The fraction of sp³-hybridized carbons (Fsp3) is 0. The molecule has 66 valence electrons. The van der Waals surface area contributed by atoms with E-state index in [1.807, 2.05) is 0 Å². The second-order valence-corrected chi connectivity index (χ2v) is 4.78. The number of rotatable bonds is 1. The van der Waals surface area contributed by atoms with Crippen LogP contribution in [0.2, 0.25) is 5.15 Å². The van der Waals surface area contributed by atoms with Crippen molar-refractivity contribution in [2.24, 2.45) is 0 Å². The molecule has 0 saturated heterocycles. The van der Waals surface area contributed by atoms with E-state index in [1.54, 1.807) is 0 Å². The van der Waals surface area contributed by atoms with Crippen molar-refractivity contribution in [2.75, 3.05) is 0 Å². The lowest BCUT2D eigenvalue weighted by Crippen LogP contribution is -1.92. The zero-order valence-electron chi connectivity index (χ0n) is 5.53. The molecule has 0 fully saturated rings. The summed E-state index contributed by atoms with van der Waals surface area (Å²) in [5.74, 6) is -0.630. The summed E-state index contributed by atoms with van der Waals surface area (Å²) in [6.07, 6.45) is 1.14. The molecule has 0 amide bonds. The Kier molecular flexibility index (Phi) is 2.46. The van der Waals surface area contributed by atoms with Crippen LogP contribution >= 0.6 is 22.3 Å². The third-order valence-corrected chi connectivity index (χ3v) is 2.74. The van der Waals surface area contributed by atoms with Crippen LogP contribution in [0, 0.1) is 0 Å². The molecule has 0 aliphatic carbocycles. The number of aromatic nitrogens is 1. The predicted molar refractivity (Wildman–Crippen MR) is 44.0 cm³/mol. The van der Waals surface area contributed by atoms with Crippen LogP contribution in [-0.2, 0) is 9.05 Å². The SMILES string of the molecule is O=S(=O)(Cl)c1ccnc(Cl)c1O. The summed E-state index contributed by atoms with van der Waals surface area (Å²) in [6.45, 7) is 0. The van der Waals surface area contributed by atoms with Gasteiger partial charge in [-0.1, -0.05) is 11.6 Å². The molecule has 1 aromatic rings. The molecule has 0 saturated carbocycles. The van der Waals surface area contributed by atoms with Crippen LogP contribution < -0.4 is 0 Å². The average molecular weight is 228 g/mol. The first-order chi connectivity index (χ1) is 5.43. The summed E-state index contributed by atoms with van der Waals surface area (Å²) in [4.78, 5) is 3.00. The van der Waals surface area contributed by atoms with Gasteiger partial charge in [0.15, 0.2) is 10.9 Å². The smallest absolute Gasteiger partial charge is 0.265 e. The van der Waals surface area contributed by atoms with Gasteiger partial charge in [0.2, 0.25) is 0 Å². The van der Waals surface area contributed by atoms with Crippen LogP contribution in [0.3, 0.4) is 0 Å². The van der Waals surface area contributed by atoms with Crippen molar-refractivity contribution in [3.8, 4) is 5.75 Å². The molecule has 7 heteroatoms. The van der Waals surface area contributed by atoms with Crippen molar-refractivity contribution in [1.29, 1.82) is 0 Å². The van der Waals surface area contributed by atoms with Crippen molar-refractivity contribution >= 4 is 31.3 Å². The average Bonchev–Trinajstić information content (AvgIpc) is 1.92. The van der Waals surface area contributed by atoms with E-state index in [9.17, 15) is 8.42 Å². The zero-order valence-corrected chi connectivity index (χ0v) is 7.86. The number of hydrogen-bond donors (Lipinski definition) is 1. The van der Waals surface area contributed by atoms with E-state index >= 15 is 0 Å². The maximum Gasteiger partial charge on any atom is 0.265 e. The van der Waals surface area contributed by atoms with Crippen LogP contribution in [0.25, 0.3) is 0 Å². The highest BCUT2D eigenvalue weighted by Crippen LogP contribution is 2.30. The van der Waals surface area contributed by atoms with Crippen molar-refractivity contribution in [3.05, 3.63) is 17.4 Å². The molecular formula is C5H3Cl2NO3S. The topological polar surface area (TPSA) is 67.3 Å². The van der Waals surface area contributed by atoms with E-state index in [4.69, 9.17) is 27.4 Å². The summed E-state index contributed by atoms with van der Waals surface area (Å²) in [7, 11) is 1.00. The van der Waals surface area contributed by atoms with Gasteiger partial charge in [0.25, 0.3) is 9.05 Å². The van der Waals surface area contributed by atoms with E-state index in [1.165, 1.54) is 0 Å². The maximum atomic E-state index is 10.7. The van der Waals surface area contributed by atoms with Gasteiger partial charge >= 0.3 is 0 Å². The van der Waals surface area contributed by atoms with Gasteiger partial charge in [-0.15, -0.1) is 0 Å². The summed E-state index contributed by atoms with van der Waals surface area (Å²) < 4.78 is 21.4. The van der Waals surface area contributed by atoms with Gasteiger partial charge in [0.1, 0.15) is 4.90 Å². The molecule has 0 aromatic carbocycles. The molecule has 0 aliphatic heterocycles. The minimum absolute atomic E-state index is 0.295. The highest BCUT2D eigenvalue weighted by Gasteiger charge is 2.17. The third kappa shape index (κ3) is 1.80. The predicted octanol–water partition coefficient (Wildman–Crippen LogP) is 1.37. The number of halogens is 2. The molecule has 1 N–H and O–H groups in total. The highest BCUT2D eigenvalue weighted by molar-refractivity contribution is 8.13. The zero-order chi connectivity index (χ0) is 9.35. The molecule has 0 aliphatic rings. The monoisotopic (exact) mass is 227 g/mol. The molecule has 0 bridgehead atoms. The van der Waals surface area contributed by atoms with Crippen molar-refractivity contribution in [2.45, 2.75) is 4.90 Å². The van der Waals surface area contributed by atoms with Gasteiger partial charge in [-0.25, -0.2) is 13.4 Å². The first kappa shape index (κ1) is 9.57. The lowest BCUT2D eigenvalue weighted by molar-refractivity contribution is 0.457. The minimum atomic E-state index is -3.96. The summed E-state index contributed by atoms with van der Waals surface area (Å²) in [6, 6.07) is 1.06. The number of nitrogens with zero attached hydrogens (tertiary/aromatic N) is 1. The van der Waals surface area contributed by atoms with Crippen LogP contribution in [0.4, 0.5) is 0 Å². The molecule has 1 rings (SSSR count). The number of aromatic hydroxyl groups is 1. The molecule has 1 heterocycles. The van der Waals surface area contributed by atoms with Gasteiger partial charge in [-0.05, 0) is 6.07 Å². The number of hydrogen-bond acceptors (Lipinski definition) is 4. The molecule has 0 spiro atoms. The van der Waals surface area contributed by atoms with Crippen LogP contribution in [0.1, 0.15) is 0 Å². The van der Waals surface area contributed by atoms with Gasteiger partial charge < -0.3 is 5.11 Å². The van der Waals surface area contributed by atoms with Gasteiger partial charge in [-0.2, -0.15) is 0 Å². The van der Waals surface area contributed by atoms with Gasteiger partial charge in [0, 0.05) is 16.9 Å². The Morgan fingerprint density at radius 1 is 1.50 bits per heavy atom. The first-order valence-corrected chi connectivity index (χ1v) is 5.40. The molecule has 0 atom stereocenters. The maximum absolute atomic E-state index is 10.7. The second kappa shape index (κ2) is 3.08. The van der Waals surface area contributed by atoms with Crippen molar-refractivity contribution < 1.29 is 13.5 Å². The molecule has 0 radical (unpaired) electrons.